The zero-order valence-electron chi connectivity index (χ0n) is 7.10. The number of nitrogens with zero attached hydrogens (tertiary/aromatic N) is 1. The summed E-state index contributed by atoms with van der Waals surface area (Å²) in [5.74, 6) is -0.208. The van der Waals surface area contributed by atoms with Crippen molar-refractivity contribution in [1.82, 2.24) is 10.3 Å². The maximum absolute atomic E-state index is 10.9. The molecule has 13 heavy (non-hydrogen) atoms. The number of carbonyl (C=O) groups is 1. The molecule has 1 amide bonds. The van der Waals surface area contributed by atoms with Gasteiger partial charge in [0.2, 0.25) is 5.91 Å². The number of pyridine rings is 1. The van der Waals surface area contributed by atoms with Gasteiger partial charge in [0, 0.05) is 12.3 Å². The molecular weight excluding hydrogens is 164 g/mol. The summed E-state index contributed by atoms with van der Waals surface area (Å²) in [6.45, 7) is 3.37. The third-order valence-corrected chi connectivity index (χ3v) is 1.34. The van der Waals surface area contributed by atoms with Gasteiger partial charge < -0.3 is 5.32 Å². The van der Waals surface area contributed by atoms with E-state index < -0.39 is 0 Å². The summed E-state index contributed by atoms with van der Waals surface area (Å²) in [6.07, 6.45) is 6.05. The Balaban J connectivity index is 2.58. The predicted molar refractivity (Wildman–Crippen MR) is 51.6 cm³/mol. The first kappa shape index (κ1) is 9.19. The number of rotatable bonds is 3. The van der Waals surface area contributed by atoms with E-state index in [2.05, 4.69) is 16.9 Å². The van der Waals surface area contributed by atoms with E-state index in [0.29, 0.717) is 0 Å². The van der Waals surface area contributed by atoms with Gasteiger partial charge in [-0.3, -0.25) is 9.78 Å². The Morgan fingerprint density at radius 3 is 3.00 bits per heavy atom. The van der Waals surface area contributed by atoms with Crippen molar-refractivity contribution in [2.45, 2.75) is 0 Å². The molecule has 0 aliphatic heterocycles. The van der Waals surface area contributed by atoms with Gasteiger partial charge in [-0.2, -0.15) is 0 Å². The molecule has 0 atom stereocenters. The molecule has 0 spiro atoms. The normalized spacial score (nSPS) is 9.85. The number of amides is 1. The minimum absolute atomic E-state index is 0.208. The maximum atomic E-state index is 10.9. The van der Waals surface area contributed by atoms with Gasteiger partial charge in [0.15, 0.2) is 0 Å². The number of aromatic nitrogens is 1. The third kappa shape index (κ3) is 3.33. The highest BCUT2D eigenvalue weighted by atomic mass is 16.1. The van der Waals surface area contributed by atoms with E-state index in [0.717, 1.165) is 5.69 Å². The molecule has 3 heteroatoms. The van der Waals surface area contributed by atoms with Crippen LogP contribution in [0.3, 0.4) is 0 Å². The number of carbonyl (C=O) groups excluding carboxylic acids is 1. The molecule has 3 nitrogen and oxygen atoms in total. The first-order chi connectivity index (χ1) is 6.33. The number of nitrogens with one attached hydrogen (secondary N) is 1. The Morgan fingerprint density at radius 2 is 2.38 bits per heavy atom. The first-order valence-corrected chi connectivity index (χ1v) is 3.83. The second kappa shape index (κ2) is 4.87. The fourth-order valence-electron chi connectivity index (χ4n) is 0.784. The molecule has 1 heterocycles. The molecule has 0 saturated heterocycles. The monoisotopic (exact) mass is 174 g/mol. The molecule has 1 N–H and O–H groups in total. The average Bonchev–Trinajstić information content (AvgIpc) is 2.17. The van der Waals surface area contributed by atoms with Gasteiger partial charge >= 0.3 is 0 Å². The summed E-state index contributed by atoms with van der Waals surface area (Å²) in [7, 11) is 0. The molecule has 0 radical (unpaired) electrons. The lowest BCUT2D eigenvalue weighted by Crippen LogP contribution is -2.12. The van der Waals surface area contributed by atoms with E-state index in [1.165, 1.54) is 12.3 Å². The summed E-state index contributed by atoms with van der Waals surface area (Å²) < 4.78 is 0. The fourth-order valence-corrected chi connectivity index (χ4v) is 0.784. The van der Waals surface area contributed by atoms with Crippen molar-refractivity contribution in [3.05, 3.63) is 48.9 Å². The van der Waals surface area contributed by atoms with Gasteiger partial charge in [0.05, 0.1) is 5.69 Å². The van der Waals surface area contributed by atoms with Crippen LogP contribution in [0.4, 0.5) is 0 Å². The summed E-state index contributed by atoms with van der Waals surface area (Å²) in [5, 5.41) is 2.43. The fraction of sp³-hybridized carbons (Fsp3) is 0. The molecule has 66 valence electrons. The van der Waals surface area contributed by atoms with E-state index in [-0.39, 0.29) is 5.91 Å². The minimum Gasteiger partial charge on any atom is -0.330 e. The molecule has 0 bridgehead atoms. The van der Waals surface area contributed by atoms with Crippen LogP contribution >= 0.6 is 0 Å². The van der Waals surface area contributed by atoms with Gasteiger partial charge in [-0.1, -0.05) is 12.6 Å². The van der Waals surface area contributed by atoms with E-state index in [9.17, 15) is 4.79 Å². The quantitative estimate of drug-likeness (QED) is 0.703. The Hall–Kier alpha value is -1.90. The highest BCUT2D eigenvalue weighted by molar-refractivity contribution is 5.91. The molecule has 0 saturated carbocycles. The smallest absolute Gasteiger partial charge is 0.247 e. The van der Waals surface area contributed by atoms with Crippen LogP contribution in [0.5, 0.6) is 0 Å². The average molecular weight is 174 g/mol. The Labute approximate surface area is 76.8 Å². The highest BCUT2D eigenvalue weighted by Crippen LogP contribution is 1.95. The molecule has 1 rings (SSSR count). The summed E-state index contributed by atoms with van der Waals surface area (Å²) in [5.41, 5.74) is 0.752. The van der Waals surface area contributed by atoms with Gasteiger partial charge in [-0.15, -0.1) is 0 Å². The zero-order valence-corrected chi connectivity index (χ0v) is 7.10. The van der Waals surface area contributed by atoms with E-state index in [1.807, 2.05) is 18.2 Å². The lowest BCUT2D eigenvalue weighted by molar-refractivity contribution is -0.115. The second-order valence-corrected chi connectivity index (χ2v) is 2.30. The SMILES string of the molecule is C=CNC(=O)/C=C/c1ccccn1. The molecule has 0 aliphatic carbocycles. The summed E-state index contributed by atoms with van der Waals surface area (Å²) in [6, 6.07) is 5.50. The van der Waals surface area contributed by atoms with Crippen LogP contribution in [0.1, 0.15) is 5.69 Å². The summed E-state index contributed by atoms with van der Waals surface area (Å²) in [4.78, 5) is 14.9. The van der Waals surface area contributed by atoms with Crippen LogP contribution < -0.4 is 5.32 Å². The van der Waals surface area contributed by atoms with E-state index >= 15 is 0 Å². The Kier molecular flexibility index (Phi) is 3.45. The predicted octanol–water partition coefficient (Wildman–Crippen LogP) is 1.35. The largest absolute Gasteiger partial charge is 0.330 e. The van der Waals surface area contributed by atoms with Crippen molar-refractivity contribution in [1.29, 1.82) is 0 Å². The van der Waals surface area contributed by atoms with Crippen LogP contribution in [0.25, 0.3) is 6.08 Å². The third-order valence-electron chi connectivity index (χ3n) is 1.34. The van der Waals surface area contributed by atoms with Crippen LogP contribution in [0.2, 0.25) is 0 Å². The first-order valence-electron chi connectivity index (χ1n) is 3.83. The lowest BCUT2D eigenvalue weighted by Gasteiger charge is -1.91. The van der Waals surface area contributed by atoms with Crippen LogP contribution in [0, 0.1) is 0 Å². The summed E-state index contributed by atoms with van der Waals surface area (Å²) >= 11 is 0. The highest BCUT2D eigenvalue weighted by Gasteiger charge is 1.89. The van der Waals surface area contributed by atoms with Crippen molar-refractivity contribution < 1.29 is 4.79 Å². The van der Waals surface area contributed by atoms with Crippen molar-refractivity contribution >= 4 is 12.0 Å². The standard InChI is InChI=1S/C10H10N2O/c1-2-11-10(13)7-6-9-5-3-4-8-12-9/h2-8H,1H2,(H,11,13)/b7-6+. The van der Waals surface area contributed by atoms with E-state index in [1.54, 1.807) is 12.3 Å². The number of hydrogen-bond donors (Lipinski definition) is 1. The minimum atomic E-state index is -0.208. The van der Waals surface area contributed by atoms with Crippen molar-refractivity contribution in [2.24, 2.45) is 0 Å². The molecule has 0 aromatic carbocycles. The van der Waals surface area contributed by atoms with Crippen molar-refractivity contribution in [3.8, 4) is 0 Å². The van der Waals surface area contributed by atoms with Gasteiger partial charge in [-0.05, 0) is 24.4 Å². The van der Waals surface area contributed by atoms with Crippen molar-refractivity contribution in [2.75, 3.05) is 0 Å². The zero-order chi connectivity index (χ0) is 9.52. The molecule has 1 aromatic rings. The maximum Gasteiger partial charge on any atom is 0.247 e. The molecule has 0 aliphatic rings. The Morgan fingerprint density at radius 1 is 1.54 bits per heavy atom. The van der Waals surface area contributed by atoms with Crippen LogP contribution in [0.15, 0.2) is 43.3 Å². The molecular formula is C10H10N2O. The van der Waals surface area contributed by atoms with Gasteiger partial charge in [0.25, 0.3) is 0 Å². The van der Waals surface area contributed by atoms with Crippen LogP contribution in [-0.4, -0.2) is 10.9 Å². The number of hydrogen-bond acceptors (Lipinski definition) is 2. The topological polar surface area (TPSA) is 42.0 Å². The van der Waals surface area contributed by atoms with Gasteiger partial charge in [-0.25, -0.2) is 0 Å². The van der Waals surface area contributed by atoms with Crippen molar-refractivity contribution in [3.63, 3.8) is 0 Å². The van der Waals surface area contributed by atoms with Crippen LogP contribution in [-0.2, 0) is 4.79 Å². The molecule has 1 aromatic heterocycles. The second-order valence-electron chi connectivity index (χ2n) is 2.30. The Bertz CT molecular complexity index is 317. The molecule has 0 fully saturated rings. The van der Waals surface area contributed by atoms with Gasteiger partial charge in [0.1, 0.15) is 0 Å². The van der Waals surface area contributed by atoms with E-state index in [4.69, 9.17) is 0 Å². The molecule has 0 unspecified atom stereocenters. The lowest BCUT2D eigenvalue weighted by atomic mass is 10.3.